The van der Waals surface area contributed by atoms with E-state index in [0.717, 1.165) is 42.1 Å². The number of benzene rings is 4. The predicted octanol–water partition coefficient (Wildman–Crippen LogP) is 8.05. The molecule has 0 saturated carbocycles. The normalized spacial score (nSPS) is 14.4. The van der Waals surface area contributed by atoms with Crippen molar-refractivity contribution in [3.63, 3.8) is 0 Å². The Bertz CT molecular complexity index is 1600. The zero-order valence-electron chi connectivity index (χ0n) is 19.3. The Morgan fingerprint density at radius 3 is 2.38 bits per heavy atom. The lowest BCUT2D eigenvalue weighted by Gasteiger charge is -2.13. The molecule has 182 valence electrons. The van der Waals surface area contributed by atoms with Gasteiger partial charge in [0.1, 0.15) is 12.4 Å². The number of nitriles is 1. The summed E-state index contributed by atoms with van der Waals surface area (Å²) in [4.78, 5) is 27.1. The van der Waals surface area contributed by atoms with Crippen LogP contribution in [0.2, 0.25) is 0 Å². The van der Waals surface area contributed by atoms with Crippen LogP contribution in [0.4, 0.5) is 4.79 Å². The Hall–Kier alpha value is -3.38. The van der Waals surface area contributed by atoms with E-state index in [1.54, 1.807) is 30.3 Å². The van der Waals surface area contributed by atoms with Crippen LogP contribution in [0.5, 0.6) is 5.75 Å². The van der Waals surface area contributed by atoms with Gasteiger partial charge in [-0.3, -0.25) is 14.5 Å². The van der Waals surface area contributed by atoms with Crippen LogP contribution in [0.1, 0.15) is 22.3 Å². The van der Waals surface area contributed by atoms with Gasteiger partial charge in [-0.25, -0.2) is 0 Å². The highest BCUT2D eigenvalue weighted by Crippen LogP contribution is 2.38. The summed E-state index contributed by atoms with van der Waals surface area (Å²) >= 11 is 8.04. The molecule has 0 unspecified atom stereocenters. The van der Waals surface area contributed by atoms with Gasteiger partial charge in [-0.1, -0.05) is 54.6 Å². The van der Waals surface area contributed by atoms with Gasteiger partial charge in [-0.15, -0.1) is 0 Å². The van der Waals surface area contributed by atoms with Crippen molar-refractivity contribution < 1.29 is 14.3 Å². The fourth-order valence-corrected chi connectivity index (χ4v) is 6.30. The molecule has 8 heteroatoms. The van der Waals surface area contributed by atoms with Gasteiger partial charge in [0.15, 0.2) is 0 Å². The second-order valence-electron chi connectivity index (χ2n) is 8.32. The van der Waals surface area contributed by atoms with Crippen LogP contribution in [-0.2, 0) is 17.9 Å². The Kier molecular flexibility index (Phi) is 7.47. The van der Waals surface area contributed by atoms with Gasteiger partial charge >= 0.3 is 0 Å². The zero-order valence-corrected chi connectivity index (χ0v) is 23.3. The molecule has 1 aliphatic heterocycles. The molecule has 0 bridgehead atoms. The van der Waals surface area contributed by atoms with Gasteiger partial charge in [0, 0.05) is 0 Å². The largest absolute Gasteiger partial charge is 0.487 e. The first kappa shape index (κ1) is 25.3. The maximum atomic E-state index is 13.0. The van der Waals surface area contributed by atoms with E-state index in [0.29, 0.717) is 28.4 Å². The number of thioether (sulfide) groups is 1. The minimum absolute atomic E-state index is 0.0562. The summed E-state index contributed by atoms with van der Waals surface area (Å²) in [7, 11) is 0. The van der Waals surface area contributed by atoms with Crippen LogP contribution >= 0.6 is 43.6 Å². The number of carbonyl (C=O) groups excluding carboxylic acids is 2. The van der Waals surface area contributed by atoms with Crippen LogP contribution in [-0.4, -0.2) is 16.0 Å². The van der Waals surface area contributed by atoms with Gasteiger partial charge in [-0.2, -0.15) is 5.26 Å². The number of ether oxygens (including phenoxy) is 1. The fraction of sp³-hybridized carbons (Fsp3) is 0.0690. The third-order valence-corrected chi connectivity index (χ3v) is 7.94. The molecule has 0 aliphatic carbocycles. The highest BCUT2D eigenvalue weighted by Gasteiger charge is 2.35. The number of carbonyl (C=O) groups is 2. The van der Waals surface area contributed by atoms with Crippen molar-refractivity contribution in [2.45, 2.75) is 13.2 Å². The van der Waals surface area contributed by atoms with E-state index in [1.807, 2.05) is 30.3 Å². The topological polar surface area (TPSA) is 70.4 Å². The van der Waals surface area contributed by atoms with E-state index >= 15 is 0 Å². The number of hydrogen-bond donors (Lipinski definition) is 0. The summed E-state index contributed by atoms with van der Waals surface area (Å²) in [5.41, 5.74) is 2.86. The minimum atomic E-state index is -0.383. The van der Waals surface area contributed by atoms with Crippen LogP contribution < -0.4 is 4.74 Å². The van der Waals surface area contributed by atoms with E-state index < -0.39 is 0 Å². The van der Waals surface area contributed by atoms with Crippen LogP contribution in [0.25, 0.3) is 16.8 Å². The maximum Gasteiger partial charge on any atom is 0.293 e. The van der Waals surface area contributed by atoms with Crippen LogP contribution in [0, 0.1) is 11.3 Å². The molecule has 0 radical (unpaired) electrons. The molecule has 1 fully saturated rings. The molecule has 0 atom stereocenters. The lowest BCUT2D eigenvalue weighted by Crippen LogP contribution is -2.27. The molecule has 1 saturated heterocycles. The van der Waals surface area contributed by atoms with Crippen molar-refractivity contribution >= 4 is 71.6 Å². The minimum Gasteiger partial charge on any atom is -0.487 e. The fourth-order valence-electron chi connectivity index (χ4n) is 4.01. The number of rotatable bonds is 6. The monoisotopic (exact) mass is 632 g/mol. The highest BCUT2D eigenvalue weighted by atomic mass is 79.9. The molecule has 4 aromatic rings. The summed E-state index contributed by atoms with van der Waals surface area (Å²) < 4.78 is 7.53. The molecule has 5 nitrogen and oxygen atoms in total. The van der Waals surface area contributed by atoms with Crippen molar-refractivity contribution in [3.8, 4) is 11.8 Å². The summed E-state index contributed by atoms with van der Waals surface area (Å²) in [6.07, 6.45) is 1.68. The van der Waals surface area contributed by atoms with Gasteiger partial charge in [0.25, 0.3) is 11.1 Å². The van der Waals surface area contributed by atoms with Gasteiger partial charge in [0.2, 0.25) is 0 Å². The Morgan fingerprint density at radius 2 is 1.62 bits per heavy atom. The SMILES string of the molecule is N#Cc1ccccc1CN1C(=O)S/C(=C/c2cc(Br)c(OCc3ccc4ccccc4c3)c(Br)c2)C1=O. The van der Waals surface area contributed by atoms with Crippen molar-refractivity contribution in [1.29, 1.82) is 5.26 Å². The number of imide groups is 1. The molecule has 37 heavy (non-hydrogen) atoms. The number of fused-ring (bicyclic) bond motifs is 1. The zero-order chi connectivity index (χ0) is 25.9. The van der Waals surface area contributed by atoms with Crippen LogP contribution in [0.3, 0.4) is 0 Å². The maximum absolute atomic E-state index is 13.0. The number of nitrogens with zero attached hydrogens (tertiary/aromatic N) is 2. The number of amides is 2. The summed E-state index contributed by atoms with van der Waals surface area (Å²) in [5.74, 6) is 0.262. The third kappa shape index (κ3) is 5.49. The summed E-state index contributed by atoms with van der Waals surface area (Å²) in [6.45, 7) is 0.450. The first-order valence-electron chi connectivity index (χ1n) is 11.3. The summed E-state index contributed by atoms with van der Waals surface area (Å²) in [5, 5.41) is 11.3. The molecule has 0 spiro atoms. The van der Waals surface area contributed by atoms with E-state index in [2.05, 4.69) is 62.2 Å². The first-order chi connectivity index (χ1) is 17.9. The lowest BCUT2D eigenvalue weighted by atomic mass is 10.1. The molecule has 5 rings (SSSR count). The lowest BCUT2D eigenvalue weighted by molar-refractivity contribution is -0.123. The molecule has 4 aromatic carbocycles. The Balaban J connectivity index is 1.32. The van der Waals surface area contributed by atoms with E-state index in [9.17, 15) is 14.9 Å². The molecule has 2 amide bonds. The highest BCUT2D eigenvalue weighted by molar-refractivity contribution is 9.11. The van der Waals surface area contributed by atoms with E-state index in [4.69, 9.17) is 4.74 Å². The average Bonchev–Trinajstić information content (AvgIpc) is 3.15. The molecular formula is C29H18Br2N2O3S. The molecule has 1 aliphatic rings. The Morgan fingerprint density at radius 1 is 0.919 bits per heavy atom. The van der Waals surface area contributed by atoms with Crippen LogP contribution in [0.15, 0.2) is 92.7 Å². The average molecular weight is 634 g/mol. The molecular weight excluding hydrogens is 616 g/mol. The molecule has 1 heterocycles. The van der Waals surface area contributed by atoms with Gasteiger partial charge in [-0.05, 0) is 101 Å². The van der Waals surface area contributed by atoms with Gasteiger partial charge in [0.05, 0.1) is 32.0 Å². The van der Waals surface area contributed by atoms with E-state index in [1.165, 1.54) is 5.39 Å². The van der Waals surface area contributed by atoms with Gasteiger partial charge < -0.3 is 4.74 Å². The number of hydrogen-bond acceptors (Lipinski definition) is 5. The first-order valence-corrected chi connectivity index (χ1v) is 13.7. The van der Waals surface area contributed by atoms with E-state index in [-0.39, 0.29) is 17.7 Å². The van der Waals surface area contributed by atoms with Crippen molar-refractivity contribution in [2.24, 2.45) is 0 Å². The second-order valence-corrected chi connectivity index (χ2v) is 11.0. The third-order valence-electron chi connectivity index (χ3n) is 5.86. The predicted molar refractivity (Wildman–Crippen MR) is 153 cm³/mol. The van der Waals surface area contributed by atoms with Crippen molar-refractivity contribution in [2.75, 3.05) is 0 Å². The standard InChI is InChI=1S/C29H18Br2N2O3S/c30-24-12-19(13-25(31)27(24)36-17-18-9-10-20-5-1-2-6-21(20)11-18)14-26-28(34)33(29(35)37-26)16-23-8-4-3-7-22(23)15-32/h1-14H,16-17H2/b26-14+. The smallest absolute Gasteiger partial charge is 0.293 e. The number of halogens is 2. The van der Waals surface area contributed by atoms with Crippen molar-refractivity contribution in [3.05, 3.63) is 115 Å². The second kappa shape index (κ2) is 10.9. The van der Waals surface area contributed by atoms with Crippen molar-refractivity contribution in [1.82, 2.24) is 4.90 Å². The molecule has 0 N–H and O–H groups in total. The quantitative estimate of drug-likeness (QED) is 0.201. The molecule has 0 aromatic heterocycles. The Labute approximate surface area is 235 Å². The summed E-state index contributed by atoms with van der Waals surface area (Å²) in [6, 6.07) is 27.2.